The molecule has 4 aromatic rings. The normalized spacial score (nSPS) is 10.2. The first-order chi connectivity index (χ1) is 14.0. The highest BCUT2D eigenvalue weighted by Gasteiger charge is 2.16. The van der Waals surface area contributed by atoms with Crippen LogP contribution in [0.4, 0.5) is 22.7 Å². The first-order valence-electron chi connectivity index (χ1n) is 9.40. The van der Waals surface area contributed by atoms with Crippen LogP contribution in [0.25, 0.3) is 0 Å². The van der Waals surface area contributed by atoms with Gasteiger partial charge in [0.1, 0.15) is 0 Å². The monoisotopic (exact) mass is 382 g/mol. The van der Waals surface area contributed by atoms with E-state index in [1.807, 2.05) is 66.7 Å². The third-order valence-corrected chi connectivity index (χ3v) is 4.61. The Morgan fingerprint density at radius 3 is 0.862 bits per heavy atom. The van der Waals surface area contributed by atoms with Crippen LogP contribution in [0, 0.1) is 0 Å². The fourth-order valence-electron chi connectivity index (χ4n) is 3.10. The summed E-state index contributed by atoms with van der Waals surface area (Å²) in [4.78, 5) is 0. The Morgan fingerprint density at radius 1 is 0.345 bits per heavy atom. The van der Waals surface area contributed by atoms with Crippen LogP contribution in [0.1, 0.15) is 22.6 Å². The summed E-state index contributed by atoms with van der Waals surface area (Å²) >= 11 is 0. The van der Waals surface area contributed by atoms with E-state index in [1.54, 1.807) is 0 Å². The van der Waals surface area contributed by atoms with Crippen LogP contribution in [0.5, 0.6) is 0 Å². The van der Waals surface area contributed by atoms with Crippen LogP contribution in [-0.4, -0.2) is 0 Å². The molecule has 0 unspecified atom stereocenters. The molecule has 4 aromatic carbocycles. The standard InChI is InChI=1S/C19H19N3.C6H7N/c20-16-7-1-13(2-8-16)19(14-3-9-17(21)10-4-14)15-5-11-18(22)12-6-15;7-6-4-2-1-3-5-6/h1-12,19H,20-22H2;1-5H,7H2. The molecule has 0 aliphatic heterocycles. The van der Waals surface area contributed by atoms with E-state index in [0.29, 0.717) is 0 Å². The maximum absolute atomic E-state index is 5.81. The second-order valence-electron chi connectivity index (χ2n) is 6.84. The van der Waals surface area contributed by atoms with Gasteiger partial charge in [-0.3, -0.25) is 0 Å². The van der Waals surface area contributed by atoms with E-state index < -0.39 is 0 Å². The van der Waals surface area contributed by atoms with Gasteiger partial charge in [0.25, 0.3) is 0 Å². The van der Waals surface area contributed by atoms with Crippen molar-refractivity contribution in [1.29, 1.82) is 0 Å². The van der Waals surface area contributed by atoms with Crippen molar-refractivity contribution in [3.63, 3.8) is 0 Å². The second kappa shape index (κ2) is 9.33. The van der Waals surface area contributed by atoms with Gasteiger partial charge in [-0.2, -0.15) is 0 Å². The molecule has 0 atom stereocenters. The Morgan fingerprint density at radius 2 is 0.621 bits per heavy atom. The fourth-order valence-corrected chi connectivity index (χ4v) is 3.10. The molecule has 0 aromatic heterocycles. The number of nitrogen functional groups attached to an aromatic ring is 4. The number of anilines is 4. The molecule has 0 heterocycles. The topological polar surface area (TPSA) is 104 Å². The highest BCUT2D eigenvalue weighted by molar-refractivity contribution is 5.51. The van der Waals surface area contributed by atoms with Crippen LogP contribution >= 0.6 is 0 Å². The van der Waals surface area contributed by atoms with Crippen molar-refractivity contribution in [2.75, 3.05) is 22.9 Å². The summed E-state index contributed by atoms with van der Waals surface area (Å²) in [5, 5.41) is 0. The number of rotatable bonds is 3. The average Bonchev–Trinajstić information content (AvgIpc) is 2.73. The highest BCUT2D eigenvalue weighted by Crippen LogP contribution is 2.33. The minimum Gasteiger partial charge on any atom is -0.399 e. The first-order valence-corrected chi connectivity index (χ1v) is 9.40. The van der Waals surface area contributed by atoms with E-state index >= 15 is 0 Å². The van der Waals surface area contributed by atoms with Gasteiger partial charge in [0.05, 0.1) is 0 Å². The minimum absolute atomic E-state index is 0.127. The maximum Gasteiger partial charge on any atom is 0.0340 e. The van der Waals surface area contributed by atoms with Crippen molar-refractivity contribution in [3.05, 3.63) is 120 Å². The number of nitrogens with two attached hydrogens (primary N) is 4. The van der Waals surface area contributed by atoms with Gasteiger partial charge in [-0.1, -0.05) is 54.6 Å². The van der Waals surface area contributed by atoms with E-state index in [9.17, 15) is 0 Å². The van der Waals surface area contributed by atoms with Crippen LogP contribution < -0.4 is 22.9 Å². The van der Waals surface area contributed by atoms with Crippen molar-refractivity contribution in [2.45, 2.75) is 5.92 Å². The summed E-state index contributed by atoms with van der Waals surface area (Å²) in [6, 6.07) is 33.4. The molecule has 4 heteroatoms. The molecular formula is C25H26N4. The number of hydrogen-bond donors (Lipinski definition) is 4. The molecule has 4 nitrogen and oxygen atoms in total. The van der Waals surface area contributed by atoms with Crippen LogP contribution in [0.2, 0.25) is 0 Å². The van der Waals surface area contributed by atoms with E-state index in [-0.39, 0.29) is 5.92 Å². The largest absolute Gasteiger partial charge is 0.399 e. The lowest BCUT2D eigenvalue weighted by Crippen LogP contribution is -2.04. The summed E-state index contributed by atoms with van der Waals surface area (Å²) in [7, 11) is 0. The lowest BCUT2D eigenvalue weighted by Gasteiger charge is -2.19. The minimum atomic E-state index is 0.127. The predicted octanol–water partition coefficient (Wildman–Crippen LogP) is 4.88. The highest BCUT2D eigenvalue weighted by atomic mass is 14.5. The molecule has 0 saturated heterocycles. The lowest BCUT2D eigenvalue weighted by molar-refractivity contribution is 0.978. The third-order valence-electron chi connectivity index (χ3n) is 4.61. The van der Waals surface area contributed by atoms with Gasteiger partial charge in [-0.25, -0.2) is 0 Å². The number of para-hydroxylation sites is 1. The summed E-state index contributed by atoms with van der Waals surface area (Å²) < 4.78 is 0. The second-order valence-corrected chi connectivity index (χ2v) is 6.84. The van der Waals surface area contributed by atoms with Gasteiger partial charge in [0.2, 0.25) is 0 Å². The zero-order chi connectivity index (χ0) is 20.6. The quantitative estimate of drug-likeness (QED) is 0.299. The van der Waals surface area contributed by atoms with E-state index in [2.05, 4.69) is 36.4 Å². The molecule has 0 amide bonds. The van der Waals surface area contributed by atoms with E-state index in [1.165, 1.54) is 16.7 Å². The zero-order valence-electron chi connectivity index (χ0n) is 16.2. The van der Waals surface area contributed by atoms with Crippen LogP contribution in [-0.2, 0) is 0 Å². The molecule has 0 saturated carbocycles. The van der Waals surface area contributed by atoms with Gasteiger partial charge in [0, 0.05) is 28.7 Å². The van der Waals surface area contributed by atoms with Crippen molar-refractivity contribution in [2.24, 2.45) is 0 Å². The van der Waals surface area contributed by atoms with E-state index in [0.717, 1.165) is 22.7 Å². The molecule has 146 valence electrons. The summed E-state index contributed by atoms with van der Waals surface area (Å²) in [6.45, 7) is 0. The average molecular weight is 383 g/mol. The van der Waals surface area contributed by atoms with Crippen LogP contribution in [0.15, 0.2) is 103 Å². The summed E-state index contributed by atoms with van der Waals surface area (Å²) in [6.07, 6.45) is 0. The zero-order valence-corrected chi connectivity index (χ0v) is 16.2. The van der Waals surface area contributed by atoms with Gasteiger partial charge in [-0.15, -0.1) is 0 Å². The molecule has 0 aliphatic carbocycles. The Balaban J connectivity index is 0.000000290. The SMILES string of the molecule is Nc1ccc(C(c2ccc(N)cc2)c2ccc(N)cc2)cc1.Nc1ccccc1. The Labute approximate surface area is 171 Å². The number of benzene rings is 4. The van der Waals surface area contributed by atoms with Crippen molar-refractivity contribution >= 4 is 22.7 Å². The molecule has 0 aliphatic rings. The number of hydrogen-bond acceptors (Lipinski definition) is 4. The van der Waals surface area contributed by atoms with Gasteiger partial charge in [0.15, 0.2) is 0 Å². The van der Waals surface area contributed by atoms with E-state index in [4.69, 9.17) is 22.9 Å². The molecule has 8 N–H and O–H groups in total. The molecule has 0 fully saturated rings. The molecule has 0 spiro atoms. The Kier molecular flexibility index (Phi) is 6.38. The fraction of sp³-hybridized carbons (Fsp3) is 0.0400. The molecule has 4 rings (SSSR count). The summed E-state index contributed by atoms with van der Waals surface area (Å²) in [5.74, 6) is 0.127. The summed E-state index contributed by atoms with van der Waals surface area (Å²) in [5.41, 5.74) is 29.4. The van der Waals surface area contributed by atoms with Gasteiger partial charge < -0.3 is 22.9 Å². The van der Waals surface area contributed by atoms with Crippen LogP contribution in [0.3, 0.4) is 0 Å². The maximum atomic E-state index is 5.81. The third kappa shape index (κ3) is 5.53. The molecule has 0 bridgehead atoms. The van der Waals surface area contributed by atoms with Crippen molar-refractivity contribution < 1.29 is 0 Å². The Bertz CT molecular complexity index is 901. The molecule has 0 radical (unpaired) electrons. The van der Waals surface area contributed by atoms with Crippen molar-refractivity contribution in [1.82, 2.24) is 0 Å². The smallest absolute Gasteiger partial charge is 0.0340 e. The van der Waals surface area contributed by atoms with Crippen molar-refractivity contribution in [3.8, 4) is 0 Å². The van der Waals surface area contributed by atoms with Gasteiger partial charge in [-0.05, 0) is 65.2 Å². The molecule has 29 heavy (non-hydrogen) atoms. The Hall–Kier alpha value is -3.92. The molecular weight excluding hydrogens is 356 g/mol. The lowest BCUT2D eigenvalue weighted by atomic mass is 9.85. The first kappa shape index (κ1) is 19.8. The predicted molar refractivity (Wildman–Crippen MR) is 124 cm³/mol. The van der Waals surface area contributed by atoms with Gasteiger partial charge >= 0.3 is 0 Å².